The second-order valence-electron chi connectivity index (χ2n) is 4.22. The maximum absolute atomic E-state index is 12.0. The van der Waals surface area contributed by atoms with E-state index in [4.69, 9.17) is 33.0 Å². The molecule has 0 fully saturated rings. The molecule has 0 radical (unpaired) electrons. The summed E-state index contributed by atoms with van der Waals surface area (Å²) in [4.78, 5) is 12.0. The Hall–Kier alpha value is -2.49. The van der Waals surface area contributed by atoms with Crippen molar-refractivity contribution in [3.8, 4) is 6.07 Å². The third-order valence-electron chi connectivity index (χ3n) is 2.54. The lowest BCUT2D eigenvalue weighted by Gasteiger charge is -2.06. The number of nitrogens with zero attached hydrogens (tertiary/aromatic N) is 2. The number of aryl methyl sites for hydroxylation is 1. The summed E-state index contributed by atoms with van der Waals surface area (Å²) in [7, 11) is 0. The van der Waals surface area contributed by atoms with Gasteiger partial charge in [-0.1, -0.05) is 28.4 Å². The van der Waals surface area contributed by atoms with Crippen LogP contribution in [-0.4, -0.2) is 11.1 Å². The summed E-state index contributed by atoms with van der Waals surface area (Å²) < 4.78 is 4.86. The smallest absolute Gasteiger partial charge is 0.267 e. The standard InChI is InChI=1S/C14H10Cl2N4O2/c1-8-4-13(20-22-8)18-7-9(6-17)14(21)19-12-3-2-10(15)5-11(12)16/h2-5,7H,1H3,(H,18,20)(H,19,21)/b9-7-. The van der Waals surface area contributed by atoms with E-state index < -0.39 is 5.91 Å². The Labute approximate surface area is 136 Å². The van der Waals surface area contributed by atoms with Gasteiger partial charge in [0.25, 0.3) is 5.91 Å². The SMILES string of the molecule is Cc1cc(N/C=C(/C#N)C(=O)Nc2ccc(Cl)cc2Cl)no1. The highest BCUT2D eigenvalue weighted by molar-refractivity contribution is 6.36. The fourth-order valence-corrected chi connectivity index (χ4v) is 1.97. The highest BCUT2D eigenvalue weighted by atomic mass is 35.5. The number of carbonyl (C=O) groups is 1. The minimum atomic E-state index is -0.612. The largest absolute Gasteiger partial charge is 0.360 e. The van der Waals surface area contributed by atoms with Crippen LogP contribution >= 0.6 is 23.2 Å². The molecule has 2 N–H and O–H groups in total. The molecule has 0 unspecified atom stereocenters. The molecule has 0 aliphatic carbocycles. The summed E-state index contributed by atoms with van der Waals surface area (Å²) in [6.07, 6.45) is 1.23. The Morgan fingerprint density at radius 1 is 1.41 bits per heavy atom. The highest BCUT2D eigenvalue weighted by Crippen LogP contribution is 2.25. The molecule has 0 aliphatic rings. The van der Waals surface area contributed by atoms with Crippen LogP contribution in [-0.2, 0) is 4.79 Å². The van der Waals surface area contributed by atoms with Crippen LogP contribution < -0.4 is 10.6 Å². The van der Waals surface area contributed by atoms with Crippen molar-refractivity contribution < 1.29 is 9.32 Å². The van der Waals surface area contributed by atoms with Gasteiger partial charge in [0, 0.05) is 17.3 Å². The normalized spacial score (nSPS) is 10.9. The van der Waals surface area contributed by atoms with Gasteiger partial charge >= 0.3 is 0 Å². The Balaban J connectivity index is 2.10. The first-order valence-corrected chi connectivity index (χ1v) is 6.81. The van der Waals surface area contributed by atoms with Crippen LogP contribution in [0.25, 0.3) is 0 Å². The van der Waals surface area contributed by atoms with Gasteiger partial charge in [-0.3, -0.25) is 4.79 Å². The third kappa shape index (κ3) is 4.01. The van der Waals surface area contributed by atoms with Gasteiger partial charge in [-0.05, 0) is 25.1 Å². The molecule has 1 aromatic carbocycles. The van der Waals surface area contributed by atoms with E-state index in [1.54, 1.807) is 31.2 Å². The van der Waals surface area contributed by atoms with Gasteiger partial charge in [-0.25, -0.2) is 0 Å². The Bertz CT molecular complexity index is 777. The van der Waals surface area contributed by atoms with Crippen molar-refractivity contribution in [1.82, 2.24) is 5.16 Å². The molecule has 0 saturated heterocycles. The van der Waals surface area contributed by atoms with Crippen LogP contribution in [0.1, 0.15) is 5.76 Å². The molecule has 0 bridgehead atoms. The van der Waals surface area contributed by atoms with Gasteiger partial charge < -0.3 is 15.2 Å². The molecule has 22 heavy (non-hydrogen) atoms. The Kier molecular flexibility index (Phi) is 5.04. The van der Waals surface area contributed by atoms with Crippen LogP contribution in [0.2, 0.25) is 10.0 Å². The molecule has 0 atom stereocenters. The van der Waals surface area contributed by atoms with E-state index in [2.05, 4.69) is 15.8 Å². The fraction of sp³-hybridized carbons (Fsp3) is 0.0714. The van der Waals surface area contributed by atoms with Crippen LogP contribution in [0.5, 0.6) is 0 Å². The number of hydrogen-bond acceptors (Lipinski definition) is 5. The molecule has 0 spiro atoms. The summed E-state index contributed by atoms with van der Waals surface area (Å²) >= 11 is 11.7. The van der Waals surface area contributed by atoms with Crippen LogP contribution in [0, 0.1) is 18.3 Å². The molecule has 0 saturated carbocycles. The summed E-state index contributed by atoms with van der Waals surface area (Å²) in [6, 6.07) is 8.03. The van der Waals surface area contributed by atoms with Gasteiger partial charge in [0.15, 0.2) is 5.82 Å². The zero-order chi connectivity index (χ0) is 16.1. The van der Waals surface area contributed by atoms with Crippen molar-refractivity contribution in [2.75, 3.05) is 10.6 Å². The lowest BCUT2D eigenvalue weighted by Crippen LogP contribution is -2.14. The molecular formula is C14H10Cl2N4O2. The number of aromatic nitrogens is 1. The second kappa shape index (κ2) is 6.98. The second-order valence-corrected chi connectivity index (χ2v) is 5.06. The van der Waals surface area contributed by atoms with Gasteiger partial charge in [-0.2, -0.15) is 5.26 Å². The predicted octanol–water partition coefficient (Wildman–Crippen LogP) is 3.75. The quantitative estimate of drug-likeness (QED) is 0.655. The zero-order valence-corrected chi connectivity index (χ0v) is 12.9. The zero-order valence-electron chi connectivity index (χ0n) is 11.4. The average Bonchev–Trinajstić information content (AvgIpc) is 2.88. The van der Waals surface area contributed by atoms with Crippen molar-refractivity contribution in [3.05, 3.63) is 51.8 Å². The van der Waals surface area contributed by atoms with Crippen molar-refractivity contribution in [2.24, 2.45) is 0 Å². The summed E-state index contributed by atoms with van der Waals surface area (Å²) in [5.74, 6) is 0.383. The number of hydrogen-bond donors (Lipinski definition) is 2. The molecular weight excluding hydrogens is 327 g/mol. The van der Waals surface area contributed by atoms with E-state index in [9.17, 15) is 4.79 Å². The number of nitrogens with one attached hydrogen (secondary N) is 2. The third-order valence-corrected chi connectivity index (χ3v) is 3.08. The topological polar surface area (TPSA) is 91.0 Å². The van der Waals surface area contributed by atoms with Crippen LogP contribution in [0.15, 0.2) is 40.6 Å². The Morgan fingerprint density at radius 3 is 2.77 bits per heavy atom. The minimum absolute atomic E-state index is 0.147. The van der Waals surface area contributed by atoms with Gasteiger partial charge in [0.1, 0.15) is 17.4 Å². The summed E-state index contributed by atoms with van der Waals surface area (Å²) in [5, 5.41) is 18.7. The van der Waals surface area contributed by atoms with E-state index in [1.807, 2.05) is 0 Å². The molecule has 112 valence electrons. The molecule has 2 rings (SSSR count). The average molecular weight is 337 g/mol. The van der Waals surface area contributed by atoms with Crippen molar-refractivity contribution >= 4 is 40.6 Å². The van der Waals surface area contributed by atoms with E-state index in [0.29, 0.717) is 22.3 Å². The van der Waals surface area contributed by atoms with Gasteiger partial charge in [0.05, 0.1) is 10.7 Å². The van der Waals surface area contributed by atoms with Crippen LogP contribution in [0.4, 0.5) is 11.5 Å². The van der Waals surface area contributed by atoms with Crippen LogP contribution in [0.3, 0.4) is 0 Å². The molecule has 0 aliphatic heterocycles. The number of carbonyl (C=O) groups excluding carboxylic acids is 1. The molecule has 1 heterocycles. The maximum atomic E-state index is 12.0. The molecule has 1 amide bonds. The minimum Gasteiger partial charge on any atom is -0.360 e. The number of benzene rings is 1. The summed E-state index contributed by atoms with van der Waals surface area (Å²) in [5.41, 5.74) is 0.209. The monoisotopic (exact) mass is 336 g/mol. The van der Waals surface area contributed by atoms with Gasteiger partial charge in [-0.15, -0.1) is 0 Å². The highest BCUT2D eigenvalue weighted by Gasteiger charge is 2.12. The van der Waals surface area contributed by atoms with E-state index in [1.165, 1.54) is 12.3 Å². The first-order chi connectivity index (χ1) is 10.5. The Morgan fingerprint density at radius 2 is 2.18 bits per heavy atom. The van der Waals surface area contributed by atoms with E-state index in [-0.39, 0.29) is 10.6 Å². The lowest BCUT2D eigenvalue weighted by atomic mass is 10.2. The lowest BCUT2D eigenvalue weighted by molar-refractivity contribution is -0.112. The van der Waals surface area contributed by atoms with Crippen molar-refractivity contribution in [2.45, 2.75) is 6.92 Å². The van der Waals surface area contributed by atoms with E-state index in [0.717, 1.165) is 0 Å². The number of nitriles is 1. The predicted molar refractivity (Wildman–Crippen MR) is 83.7 cm³/mol. The summed E-state index contributed by atoms with van der Waals surface area (Å²) in [6.45, 7) is 1.72. The number of halogens is 2. The maximum Gasteiger partial charge on any atom is 0.267 e. The number of rotatable bonds is 4. The van der Waals surface area contributed by atoms with E-state index >= 15 is 0 Å². The van der Waals surface area contributed by atoms with Crippen molar-refractivity contribution in [3.63, 3.8) is 0 Å². The molecule has 6 nitrogen and oxygen atoms in total. The number of amides is 1. The number of anilines is 2. The first kappa shape index (κ1) is 15.9. The van der Waals surface area contributed by atoms with Crippen molar-refractivity contribution in [1.29, 1.82) is 5.26 Å². The molecule has 2 aromatic rings. The molecule has 8 heteroatoms. The molecule has 1 aromatic heterocycles. The van der Waals surface area contributed by atoms with Gasteiger partial charge in [0.2, 0.25) is 0 Å². The fourth-order valence-electron chi connectivity index (χ4n) is 1.51. The first-order valence-electron chi connectivity index (χ1n) is 6.06.